The van der Waals surface area contributed by atoms with Crippen LogP contribution in [0.2, 0.25) is 0 Å². The zero-order chi connectivity index (χ0) is 17.1. The Balaban J connectivity index is 1.76. The molecule has 1 aromatic heterocycles. The summed E-state index contributed by atoms with van der Waals surface area (Å²) < 4.78 is 28.1. The van der Waals surface area contributed by atoms with E-state index in [2.05, 4.69) is 10.4 Å². The maximum Gasteiger partial charge on any atom is 0.269 e. The average molecular weight is 327 g/mol. The molecule has 0 aliphatic heterocycles. The Morgan fingerprint density at radius 2 is 1.83 bits per heavy atom. The van der Waals surface area contributed by atoms with Crippen molar-refractivity contribution in [2.24, 2.45) is 7.05 Å². The summed E-state index contributed by atoms with van der Waals surface area (Å²) in [4.78, 5) is 12.3. The van der Waals surface area contributed by atoms with E-state index in [1.165, 1.54) is 22.9 Å². The highest BCUT2D eigenvalue weighted by molar-refractivity contribution is 5.93. The number of halogens is 2. The number of hydrogen-bond acceptors (Lipinski definition) is 2. The van der Waals surface area contributed by atoms with Crippen LogP contribution in [0.1, 0.15) is 16.1 Å². The van der Waals surface area contributed by atoms with Gasteiger partial charge in [0.15, 0.2) is 0 Å². The first-order valence-electron chi connectivity index (χ1n) is 7.36. The summed E-state index contributed by atoms with van der Waals surface area (Å²) in [5.41, 5.74) is 1.82. The van der Waals surface area contributed by atoms with Crippen LogP contribution < -0.4 is 5.32 Å². The highest BCUT2D eigenvalue weighted by Gasteiger charge is 2.15. The molecular formula is C18H15F2N3O. The van der Waals surface area contributed by atoms with Gasteiger partial charge in [0.1, 0.15) is 17.3 Å². The molecule has 0 saturated carbocycles. The Hall–Kier alpha value is -3.02. The molecule has 0 atom stereocenters. The monoisotopic (exact) mass is 327 g/mol. The highest BCUT2D eigenvalue weighted by Crippen LogP contribution is 2.21. The molecule has 3 aromatic rings. The van der Waals surface area contributed by atoms with Gasteiger partial charge in [0.05, 0.1) is 5.69 Å². The Bertz CT molecular complexity index is 872. The van der Waals surface area contributed by atoms with Gasteiger partial charge in [-0.2, -0.15) is 5.10 Å². The second-order valence-electron chi connectivity index (χ2n) is 5.33. The van der Waals surface area contributed by atoms with E-state index in [-0.39, 0.29) is 18.3 Å². The molecule has 1 N–H and O–H groups in total. The number of carbonyl (C=O) groups is 1. The molecular weight excluding hydrogens is 312 g/mol. The summed E-state index contributed by atoms with van der Waals surface area (Å²) in [6.45, 7) is 0.263. The van der Waals surface area contributed by atoms with Crippen molar-refractivity contribution in [1.29, 1.82) is 0 Å². The van der Waals surface area contributed by atoms with Crippen LogP contribution >= 0.6 is 0 Å². The largest absolute Gasteiger partial charge is 0.347 e. The molecule has 0 aliphatic rings. The molecule has 122 valence electrons. The number of rotatable bonds is 4. The number of amides is 1. The zero-order valence-corrected chi connectivity index (χ0v) is 13.0. The van der Waals surface area contributed by atoms with Crippen LogP contribution in [0.3, 0.4) is 0 Å². The third-order valence-electron chi connectivity index (χ3n) is 3.63. The Morgan fingerprint density at radius 3 is 2.54 bits per heavy atom. The van der Waals surface area contributed by atoms with Gasteiger partial charge in [-0.25, -0.2) is 8.78 Å². The maximum absolute atomic E-state index is 13.8. The Labute approximate surface area is 137 Å². The predicted octanol–water partition coefficient (Wildman–Crippen LogP) is 3.30. The summed E-state index contributed by atoms with van der Waals surface area (Å²) in [5, 5.41) is 6.93. The summed E-state index contributed by atoms with van der Waals surface area (Å²) in [6.07, 6.45) is 0. The molecule has 0 radical (unpaired) electrons. The number of hydrogen-bond donors (Lipinski definition) is 1. The molecule has 0 bridgehead atoms. The van der Waals surface area contributed by atoms with Crippen LogP contribution in [0.4, 0.5) is 8.78 Å². The first kappa shape index (κ1) is 15.9. The first-order valence-corrected chi connectivity index (χ1v) is 7.36. The first-order chi connectivity index (χ1) is 11.5. The minimum atomic E-state index is -0.395. The van der Waals surface area contributed by atoms with Gasteiger partial charge in [-0.15, -0.1) is 0 Å². The molecule has 2 aromatic carbocycles. The summed E-state index contributed by atoms with van der Waals surface area (Å²) >= 11 is 0. The molecule has 1 heterocycles. The smallest absolute Gasteiger partial charge is 0.269 e. The average Bonchev–Trinajstić information content (AvgIpc) is 2.96. The van der Waals surface area contributed by atoms with Gasteiger partial charge in [0.25, 0.3) is 5.91 Å². The minimum absolute atomic E-state index is 0.263. The van der Waals surface area contributed by atoms with E-state index in [1.807, 2.05) is 0 Å². The SMILES string of the molecule is Cn1nc(-c2ccccc2F)cc1C(=O)NCc1ccc(F)cc1. The predicted molar refractivity (Wildman–Crippen MR) is 86.2 cm³/mol. The Kier molecular flexibility index (Phi) is 4.37. The molecule has 0 aliphatic carbocycles. The lowest BCUT2D eigenvalue weighted by Gasteiger charge is -2.05. The quantitative estimate of drug-likeness (QED) is 0.799. The van der Waals surface area contributed by atoms with Crippen LogP contribution in [0.15, 0.2) is 54.6 Å². The van der Waals surface area contributed by atoms with Gasteiger partial charge in [-0.3, -0.25) is 9.48 Å². The van der Waals surface area contributed by atoms with Crippen LogP contribution in [0.25, 0.3) is 11.3 Å². The lowest BCUT2D eigenvalue weighted by atomic mass is 10.1. The maximum atomic E-state index is 13.8. The van der Waals surface area contributed by atoms with Crippen LogP contribution in [-0.4, -0.2) is 15.7 Å². The van der Waals surface area contributed by atoms with E-state index in [0.29, 0.717) is 17.0 Å². The second-order valence-corrected chi connectivity index (χ2v) is 5.33. The standard InChI is InChI=1S/C18H15F2N3O/c1-23-17(10-16(22-23)14-4-2-3-5-15(14)20)18(24)21-11-12-6-8-13(19)9-7-12/h2-10H,11H2,1H3,(H,21,24). The number of aromatic nitrogens is 2. The number of nitrogens with one attached hydrogen (secondary N) is 1. The number of carbonyl (C=O) groups excluding carboxylic acids is 1. The second kappa shape index (κ2) is 6.62. The third-order valence-corrected chi connectivity index (χ3v) is 3.63. The Morgan fingerprint density at radius 1 is 1.12 bits per heavy atom. The summed E-state index contributed by atoms with van der Waals surface area (Å²) in [7, 11) is 1.62. The van der Waals surface area contributed by atoms with Gasteiger partial charge < -0.3 is 5.32 Å². The number of benzene rings is 2. The summed E-state index contributed by atoms with van der Waals surface area (Å²) in [6, 6.07) is 13.7. The van der Waals surface area contributed by atoms with E-state index in [1.54, 1.807) is 43.4 Å². The third kappa shape index (κ3) is 3.32. The van der Waals surface area contributed by atoms with E-state index in [4.69, 9.17) is 0 Å². The van der Waals surface area contributed by atoms with Crippen molar-refractivity contribution in [3.05, 3.63) is 77.5 Å². The van der Waals surface area contributed by atoms with Gasteiger partial charge in [0, 0.05) is 19.2 Å². The molecule has 0 spiro atoms. The fourth-order valence-corrected chi connectivity index (χ4v) is 2.36. The molecule has 0 fully saturated rings. The topological polar surface area (TPSA) is 46.9 Å². The lowest BCUT2D eigenvalue weighted by Crippen LogP contribution is -2.25. The fourth-order valence-electron chi connectivity index (χ4n) is 2.36. The van der Waals surface area contributed by atoms with Crippen molar-refractivity contribution in [2.75, 3.05) is 0 Å². The lowest BCUT2D eigenvalue weighted by molar-refractivity contribution is 0.0941. The van der Waals surface area contributed by atoms with E-state index < -0.39 is 5.82 Å². The van der Waals surface area contributed by atoms with E-state index in [0.717, 1.165) is 5.56 Å². The minimum Gasteiger partial charge on any atom is -0.347 e. The van der Waals surface area contributed by atoms with Crippen molar-refractivity contribution >= 4 is 5.91 Å². The van der Waals surface area contributed by atoms with Crippen LogP contribution in [0, 0.1) is 11.6 Å². The van der Waals surface area contributed by atoms with Crippen LogP contribution in [0.5, 0.6) is 0 Å². The number of nitrogens with zero attached hydrogens (tertiary/aromatic N) is 2. The molecule has 6 heteroatoms. The van der Waals surface area contributed by atoms with Crippen molar-refractivity contribution in [1.82, 2.24) is 15.1 Å². The van der Waals surface area contributed by atoms with E-state index in [9.17, 15) is 13.6 Å². The zero-order valence-electron chi connectivity index (χ0n) is 13.0. The molecule has 3 rings (SSSR count). The summed E-state index contributed by atoms with van der Waals surface area (Å²) in [5.74, 6) is -1.06. The molecule has 0 saturated heterocycles. The van der Waals surface area contributed by atoms with Gasteiger partial charge in [-0.1, -0.05) is 24.3 Å². The van der Waals surface area contributed by atoms with Crippen molar-refractivity contribution in [2.45, 2.75) is 6.54 Å². The molecule has 4 nitrogen and oxygen atoms in total. The molecule has 0 unspecified atom stereocenters. The van der Waals surface area contributed by atoms with Crippen molar-refractivity contribution in [3.63, 3.8) is 0 Å². The van der Waals surface area contributed by atoms with Gasteiger partial charge in [0.2, 0.25) is 0 Å². The van der Waals surface area contributed by atoms with Crippen molar-refractivity contribution < 1.29 is 13.6 Å². The van der Waals surface area contributed by atoms with E-state index >= 15 is 0 Å². The van der Waals surface area contributed by atoms with Gasteiger partial charge >= 0.3 is 0 Å². The van der Waals surface area contributed by atoms with Crippen LogP contribution in [-0.2, 0) is 13.6 Å². The fraction of sp³-hybridized carbons (Fsp3) is 0.111. The number of aryl methyl sites for hydroxylation is 1. The molecule has 24 heavy (non-hydrogen) atoms. The van der Waals surface area contributed by atoms with Crippen molar-refractivity contribution in [3.8, 4) is 11.3 Å². The molecule has 1 amide bonds. The highest BCUT2D eigenvalue weighted by atomic mass is 19.1. The normalized spacial score (nSPS) is 10.6. The van der Waals surface area contributed by atoms with Gasteiger partial charge in [-0.05, 0) is 35.9 Å².